The van der Waals surface area contributed by atoms with Crippen LogP contribution in [-0.2, 0) is 0 Å². The molecule has 0 aliphatic carbocycles. The van der Waals surface area contributed by atoms with Gasteiger partial charge in [0.2, 0.25) is 0 Å². The van der Waals surface area contributed by atoms with Gasteiger partial charge in [-0.15, -0.1) is 0 Å². The summed E-state index contributed by atoms with van der Waals surface area (Å²) in [5.41, 5.74) is 13.0. The lowest BCUT2D eigenvalue weighted by Gasteiger charge is -2.31. The fraction of sp³-hybridized carbons (Fsp3) is 0.583. The van der Waals surface area contributed by atoms with Crippen molar-refractivity contribution in [3.63, 3.8) is 0 Å². The van der Waals surface area contributed by atoms with Gasteiger partial charge in [-0.25, -0.2) is 0 Å². The zero-order chi connectivity index (χ0) is 12.1. The Morgan fingerprint density at radius 1 is 1.40 bits per heavy atom. The van der Waals surface area contributed by atoms with Crippen molar-refractivity contribution < 1.29 is 0 Å². The lowest BCUT2D eigenvalue weighted by Crippen LogP contribution is -2.27. The van der Waals surface area contributed by atoms with Crippen molar-refractivity contribution in [1.82, 2.24) is 0 Å². The van der Waals surface area contributed by atoms with Crippen LogP contribution < -0.4 is 11.5 Å². The summed E-state index contributed by atoms with van der Waals surface area (Å²) in [5, 5.41) is 7.30. The van der Waals surface area contributed by atoms with Crippen molar-refractivity contribution >= 4 is 6.21 Å². The molecule has 0 radical (unpaired) electrons. The molecule has 3 nitrogen and oxygen atoms in total. The van der Waals surface area contributed by atoms with Crippen LogP contribution in [0, 0.1) is 16.7 Å². The van der Waals surface area contributed by atoms with Crippen molar-refractivity contribution in [2.75, 3.05) is 0 Å². The fourth-order valence-electron chi connectivity index (χ4n) is 1.83. The van der Waals surface area contributed by atoms with Crippen molar-refractivity contribution in [2.45, 2.75) is 34.1 Å². The van der Waals surface area contributed by atoms with E-state index in [9.17, 15) is 0 Å². The first-order chi connectivity index (χ1) is 6.88. The highest BCUT2D eigenvalue weighted by Gasteiger charge is 2.26. The van der Waals surface area contributed by atoms with E-state index in [1.807, 2.05) is 0 Å². The van der Waals surface area contributed by atoms with Gasteiger partial charge in [0, 0.05) is 23.4 Å². The molecule has 0 aliphatic rings. The summed E-state index contributed by atoms with van der Waals surface area (Å²) < 4.78 is 0. The van der Waals surface area contributed by atoms with Crippen LogP contribution in [0.15, 0.2) is 23.5 Å². The minimum atomic E-state index is 0.107. The molecule has 0 heterocycles. The second kappa shape index (κ2) is 5.59. The maximum absolute atomic E-state index is 7.30. The normalized spacial score (nSPS) is 16.3. The third-order valence-electron chi connectivity index (χ3n) is 2.59. The molecule has 15 heavy (non-hydrogen) atoms. The van der Waals surface area contributed by atoms with E-state index in [0.717, 1.165) is 12.1 Å². The lowest BCUT2D eigenvalue weighted by atomic mass is 9.76. The van der Waals surface area contributed by atoms with Gasteiger partial charge in [-0.1, -0.05) is 27.7 Å². The number of nitrogens with two attached hydrogens (primary N) is 2. The zero-order valence-corrected chi connectivity index (χ0v) is 10.2. The molecule has 0 amide bonds. The van der Waals surface area contributed by atoms with Crippen molar-refractivity contribution in [3.8, 4) is 0 Å². The Bertz CT molecular complexity index is 269. The summed E-state index contributed by atoms with van der Waals surface area (Å²) in [6.45, 7) is 8.57. The van der Waals surface area contributed by atoms with Gasteiger partial charge in [0.05, 0.1) is 0 Å². The fourth-order valence-corrected chi connectivity index (χ4v) is 1.83. The molecule has 0 bridgehead atoms. The van der Waals surface area contributed by atoms with Gasteiger partial charge in [-0.05, 0) is 24.1 Å². The van der Waals surface area contributed by atoms with Gasteiger partial charge in [-0.2, -0.15) is 0 Å². The molecule has 0 fully saturated rings. The molecule has 1 atom stereocenters. The van der Waals surface area contributed by atoms with E-state index in [0.29, 0.717) is 5.57 Å². The Balaban J connectivity index is 5.23. The number of hydrogen-bond donors (Lipinski definition) is 3. The predicted octanol–water partition coefficient (Wildman–Crippen LogP) is 2.39. The lowest BCUT2D eigenvalue weighted by molar-refractivity contribution is 0.269. The van der Waals surface area contributed by atoms with Crippen LogP contribution in [0.3, 0.4) is 0 Å². The van der Waals surface area contributed by atoms with Crippen molar-refractivity contribution in [2.24, 2.45) is 22.8 Å². The van der Waals surface area contributed by atoms with Gasteiger partial charge in [-0.3, -0.25) is 0 Å². The van der Waals surface area contributed by atoms with Crippen LogP contribution >= 0.6 is 0 Å². The average Bonchev–Trinajstić information content (AvgIpc) is 2.12. The van der Waals surface area contributed by atoms with Crippen molar-refractivity contribution in [3.05, 3.63) is 23.5 Å². The van der Waals surface area contributed by atoms with Gasteiger partial charge >= 0.3 is 0 Å². The molecule has 0 aliphatic heterocycles. The highest BCUT2D eigenvalue weighted by atomic mass is 14.6. The van der Waals surface area contributed by atoms with Gasteiger partial charge < -0.3 is 16.9 Å². The molecule has 1 unspecified atom stereocenters. The quantitative estimate of drug-likeness (QED) is 0.491. The second-order valence-corrected chi connectivity index (χ2v) is 4.74. The first-order valence-electron chi connectivity index (χ1n) is 5.26. The van der Waals surface area contributed by atoms with Crippen LogP contribution in [0.1, 0.15) is 34.1 Å². The molecule has 0 rings (SSSR count). The smallest absolute Gasteiger partial charge is 0.0268 e. The van der Waals surface area contributed by atoms with Crippen LogP contribution in [0.2, 0.25) is 0 Å². The third kappa shape index (κ3) is 3.78. The summed E-state index contributed by atoms with van der Waals surface area (Å²) >= 11 is 0. The van der Waals surface area contributed by atoms with Crippen LogP contribution in [-0.4, -0.2) is 6.21 Å². The van der Waals surface area contributed by atoms with E-state index < -0.39 is 0 Å². The van der Waals surface area contributed by atoms with Crippen LogP contribution in [0.5, 0.6) is 0 Å². The molecule has 0 saturated carbocycles. The van der Waals surface area contributed by atoms with Crippen molar-refractivity contribution in [1.29, 1.82) is 5.41 Å². The highest BCUT2D eigenvalue weighted by molar-refractivity contribution is 5.80. The van der Waals surface area contributed by atoms with Gasteiger partial charge in [0.15, 0.2) is 0 Å². The maximum atomic E-state index is 7.30. The van der Waals surface area contributed by atoms with E-state index in [1.165, 1.54) is 12.4 Å². The summed E-state index contributed by atoms with van der Waals surface area (Å²) in [6, 6.07) is 0. The molecule has 5 N–H and O–H groups in total. The Hall–Kier alpha value is -1.25. The first kappa shape index (κ1) is 13.8. The second-order valence-electron chi connectivity index (χ2n) is 4.74. The monoisotopic (exact) mass is 209 g/mol. The molecule has 0 aromatic rings. The number of rotatable bonds is 4. The number of nitrogens with one attached hydrogen (secondary N) is 1. The largest absolute Gasteiger partial charge is 0.405 e. The summed E-state index contributed by atoms with van der Waals surface area (Å²) in [6.07, 6.45) is 5.32. The topological polar surface area (TPSA) is 75.9 Å². The Kier molecular flexibility index (Phi) is 5.12. The maximum Gasteiger partial charge on any atom is 0.0268 e. The SMILES string of the molecule is CCC(/C(N)=C(C=N)\C=C/N)C(C)(C)C. The predicted molar refractivity (Wildman–Crippen MR) is 66.6 cm³/mol. The Labute approximate surface area is 92.7 Å². The summed E-state index contributed by atoms with van der Waals surface area (Å²) in [4.78, 5) is 0. The average molecular weight is 209 g/mol. The zero-order valence-electron chi connectivity index (χ0n) is 10.2. The minimum Gasteiger partial charge on any atom is -0.405 e. The van der Waals surface area contributed by atoms with E-state index in [-0.39, 0.29) is 11.3 Å². The summed E-state index contributed by atoms with van der Waals surface area (Å²) in [7, 11) is 0. The van der Waals surface area contributed by atoms with Gasteiger partial charge in [0.25, 0.3) is 0 Å². The molecule has 0 saturated heterocycles. The minimum absolute atomic E-state index is 0.107. The first-order valence-corrected chi connectivity index (χ1v) is 5.26. The molecular weight excluding hydrogens is 186 g/mol. The third-order valence-corrected chi connectivity index (χ3v) is 2.59. The highest BCUT2D eigenvalue weighted by Crippen LogP contribution is 2.33. The van der Waals surface area contributed by atoms with E-state index in [4.69, 9.17) is 16.9 Å². The molecule has 3 heteroatoms. The number of allylic oxidation sites excluding steroid dienone is 3. The molecule has 0 spiro atoms. The molecular formula is C12H23N3. The van der Waals surface area contributed by atoms with Crippen LogP contribution in [0.25, 0.3) is 0 Å². The Morgan fingerprint density at radius 3 is 2.20 bits per heavy atom. The van der Waals surface area contributed by atoms with E-state index in [1.54, 1.807) is 6.08 Å². The Morgan fingerprint density at radius 2 is 1.93 bits per heavy atom. The molecule has 0 aromatic carbocycles. The number of hydrogen-bond acceptors (Lipinski definition) is 3. The van der Waals surface area contributed by atoms with E-state index >= 15 is 0 Å². The van der Waals surface area contributed by atoms with Gasteiger partial charge in [0.1, 0.15) is 0 Å². The van der Waals surface area contributed by atoms with Crippen LogP contribution in [0.4, 0.5) is 0 Å². The van der Waals surface area contributed by atoms with E-state index in [2.05, 4.69) is 27.7 Å². The summed E-state index contributed by atoms with van der Waals surface area (Å²) in [5.74, 6) is 0.269. The molecule has 0 aromatic heterocycles. The standard InChI is InChI=1S/C12H23N3/c1-5-10(12(2,3)4)11(15)9(8-14)6-7-13/h6-8,10,14H,5,13,15H2,1-4H3/b7-6-,11-9-,14-8?. The molecule has 86 valence electrons.